The quantitative estimate of drug-likeness (QED) is 0.799. The minimum Gasteiger partial charge on any atom is -0.336 e. The summed E-state index contributed by atoms with van der Waals surface area (Å²) in [6.45, 7) is 9.57. The van der Waals surface area contributed by atoms with Gasteiger partial charge < -0.3 is 4.90 Å². The number of alkyl halides is 3. The number of carbonyl (C=O) groups is 1. The zero-order valence-electron chi connectivity index (χ0n) is 16.3. The maximum Gasteiger partial charge on any atom is 0.416 e. The van der Waals surface area contributed by atoms with Crippen LogP contribution in [0.4, 0.5) is 13.2 Å². The maximum absolute atomic E-state index is 12.7. The van der Waals surface area contributed by atoms with Crippen LogP contribution in [0.15, 0.2) is 36.7 Å². The van der Waals surface area contributed by atoms with Crippen molar-refractivity contribution in [1.82, 2.24) is 19.6 Å². The molecule has 0 aliphatic carbocycles. The number of amides is 1. The van der Waals surface area contributed by atoms with Gasteiger partial charge in [0.15, 0.2) is 0 Å². The number of halogens is 3. The number of carbonyl (C=O) groups excluding carboxylic acids is 1. The van der Waals surface area contributed by atoms with Gasteiger partial charge in [0.05, 0.1) is 17.3 Å². The first-order chi connectivity index (χ1) is 13.0. The van der Waals surface area contributed by atoms with Crippen LogP contribution in [0.1, 0.15) is 42.3 Å². The van der Waals surface area contributed by atoms with Gasteiger partial charge in [0.2, 0.25) is 0 Å². The minimum absolute atomic E-state index is 0.0645. The molecule has 152 valence electrons. The van der Waals surface area contributed by atoms with Crippen LogP contribution in [0, 0.1) is 0 Å². The second-order valence-corrected chi connectivity index (χ2v) is 8.11. The van der Waals surface area contributed by atoms with E-state index >= 15 is 0 Å². The summed E-state index contributed by atoms with van der Waals surface area (Å²) in [7, 11) is 0. The van der Waals surface area contributed by atoms with Crippen LogP contribution in [0.5, 0.6) is 0 Å². The molecule has 1 amide bonds. The molecular formula is C20H25F3N4O. The first-order valence-electron chi connectivity index (χ1n) is 9.27. The van der Waals surface area contributed by atoms with Crippen LogP contribution in [0.3, 0.4) is 0 Å². The Hall–Kier alpha value is -2.35. The largest absolute Gasteiger partial charge is 0.416 e. The lowest BCUT2D eigenvalue weighted by Crippen LogP contribution is -2.48. The van der Waals surface area contributed by atoms with Crippen molar-refractivity contribution in [1.29, 1.82) is 0 Å². The molecule has 1 fully saturated rings. The van der Waals surface area contributed by atoms with Crippen molar-refractivity contribution in [3.05, 3.63) is 53.3 Å². The summed E-state index contributed by atoms with van der Waals surface area (Å²) in [5, 5.41) is 4.41. The van der Waals surface area contributed by atoms with Crippen LogP contribution in [-0.4, -0.2) is 51.7 Å². The van der Waals surface area contributed by atoms with Crippen molar-refractivity contribution in [3.8, 4) is 0 Å². The molecule has 1 aliphatic rings. The third kappa shape index (κ3) is 4.73. The van der Waals surface area contributed by atoms with Gasteiger partial charge in [-0.1, -0.05) is 0 Å². The Morgan fingerprint density at radius 1 is 1.04 bits per heavy atom. The Balaban J connectivity index is 1.55. The van der Waals surface area contributed by atoms with Gasteiger partial charge in [-0.3, -0.25) is 14.4 Å². The smallest absolute Gasteiger partial charge is 0.336 e. The van der Waals surface area contributed by atoms with Crippen LogP contribution in [0.2, 0.25) is 0 Å². The van der Waals surface area contributed by atoms with E-state index in [9.17, 15) is 18.0 Å². The summed E-state index contributed by atoms with van der Waals surface area (Å²) < 4.78 is 39.9. The molecule has 0 spiro atoms. The summed E-state index contributed by atoms with van der Waals surface area (Å²) in [6.07, 6.45) is -0.487. The third-order valence-electron chi connectivity index (χ3n) is 4.85. The Bertz CT molecular complexity index is 813. The molecule has 0 N–H and O–H groups in total. The molecule has 0 radical (unpaired) electrons. The molecule has 0 unspecified atom stereocenters. The Morgan fingerprint density at radius 3 is 2.14 bits per heavy atom. The van der Waals surface area contributed by atoms with Crippen molar-refractivity contribution < 1.29 is 18.0 Å². The number of benzene rings is 1. The van der Waals surface area contributed by atoms with Gasteiger partial charge in [0.25, 0.3) is 5.91 Å². The van der Waals surface area contributed by atoms with E-state index in [2.05, 4.69) is 30.8 Å². The highest BCUT2D eigenvalue weighted by atomic mass is 19.4. The number of piperazine rings is 1. The molecule has 0 bridgehead atoms. The molecule has 1 aromatic carbocycles. The Morgan fingerprint density at radius 2 is 1.64 bits per heavy atom. The molecular weight excluding hydrogens is 369 g/mol. The molecule has 5 nitrogen and oxygen atoms in total. The van der Waals surface area contributed by atoms with Crippen molar-refractivity contribution in [2.24, 2.45) is 0 Å². The third-order valence-corrected chi connectivity index (χ3v) is 4.85. The summed E-state index contributed by atoms with van der Waals surface area (Å²) in [5.74, 6) is -0.228. The molecule has 8 heteroatoms. The molecule has 1 aliphatic heterocycles. The Labute approximate surface area is 162 Å². The predicted molar refractivity (Wildman–Crippen MR) is 99.8 cm³/mol. The summed E-state index contributed by atoms with van der Waals surface area (Å²) in [4.78, 5) is 16.5. The Kier molecular flexibility index (Phi) is 5.52. The fourth-order valence-electron chi connectivity index (χ4n) is 3.16. The number of aromatic nitrogens is 2. The SMILES string of the molecule is CC(C)(C)n1cc(CN2CCN(C(=O)c3ccc(C(F)(F)F)cc3)CC2)cn1. The summed E-state index contributed by atoms with van der Waals surface area (Å²) in [6, 6.07) is 4.41. The fourth-order valence-corrected chi connectivity index (χ4v) is 3.16. The summed E-state index contributed by atoms with van der Waals surface area (Å²) in [5.41, 5.74) is 0.598. The monoisotopic (exact) mass is 394 g/mol. The number of rotatable bonds is 3. The predicted octanol–water partition coefficient (Wildman–Crippen LogP) is 3.61. The lowest BCUT2D eigenvalue weighted by atomic mass is 10.1. The van der Waals surface area contributed by atoms with E-state index in [1.807, 2.05) is 17.1 Å². The highest BCUT2D eigenvalue weighted by molar-refractivity contribution is 5.94. The van der Waals surface area contributed by atoms with E-state index in [-0.39, 0.29) is 17.0 Å². The zero-order chi connectivity index (χ0) is 20.5. The van der Waals surface area contributed by atoms with Gasteiger partial charge in [-0.05, 0) is 45.0 Å². The average molecular weight is 394 g/mol. The first-order valence-corrected chi connectivity index (χ1v) is 9.27. The first kappa shape index (κ1) is 20.4. The molecule has 28 heavy (non-hydrogen) atoms. The van der Waals surface area contributed by atoms with E-state index in [1.165, 1.54) is 12.1 Å². The lowest BCUT2D eigenvalue weighted by Gasteiger charge is -2.34. The normalized spacial score (nSPS) is 16.4. The maximum atomic E-state index is 12.7. The van der Waals surface area contributed by atoms with Gasteiger partial charge in [0.1, 0.15) is 0 Å². The molecule has 2 aromatic rings. The number of hydrogen-bond acceptors (Lipinski definition) is 3. The topological polar surface area (TPSA) is 41.4 Å². The van der Waals surface area contributed by atoms with E-state index in [0.717, 1.165) is 24.2 Å². The molecule has 2 heterocycles. The van der Waals surface area contributed by atoms with Crippen LogP contribution in [-0.2, 0) is 18.3 Å². The highest BCUT2D eigenvalue weighted by Crippen LogP contribution is 2.29. The van der Waals surface area contributed by atoms with E-state index < -0.39 is 11.7 Å². The number of hydrogen-bond donors (Lipinski definition) is 0. The highest BCUT2D eigenvalue weighted by Gasteiger charge is 2.30. The van der Waals surface area contributed by atoms with Gasteiger partial charge in [-0.15, -0.1) is 0 Å². The van der Waals surface area contributed by atoms with Crippen LogP contribution in [0.25, 0.3) is 0 Å². The van der Waals surface area contributed by atoms with Crippen LogP contribution >= 0.6 is 0 Å². The van der Waals surface area contributed by atoms with Crippen molar-refractivity contribution >= 4 is 5.91 Å². The van der Waals surface area contributed by atoms with Gasteiger partial charge >= 0.3 is 6.18 Å². The van der Waals surface area contributed by atoms with Crippen LogP contribution < -0.4 is 0 Å². The van der Waals surface area contributed by atoms with Crippen molar-refractivity contribution in [2.45, 2.75) is 39.0 Å². The van der Waals surface area contributed by atoms with E-state index in [4.69, 9.17) is 0 Å². The second-order valence-electron chi connectivity index (χ2n) is 8.11. The molecule has 3 rings (SSSR count). The fraction of sp³-hybridized carbons (Fsp3) is 0.500. The summed E-state index contributed by atoms with van der Waals surface area (Å²) >= 11 is 0. The van der Waals surface area contributed by atoms with Gasteiger partial charge in [0, 0.05) is 50.0 Å². The number of nitrogens with zero attached hydrogens (tertiary/aromatic N) is 4. The molecule has 1 aromatic heterocycles. The second kappa shape index (κ2) is 7.58. The molecule has 1 saturated heterocycles. The van der Waals surface area contributed by atoms with Gasteiger partial charge in [-0.2, -0.15) is 18.3 Å². The van der Waals surface area contributed by atoms with E-state index in [0.29, 0.717) is 26.2 Å². The average Bonchev–Trinajstić information content (AvgIpc) is 3.10. The minimum atomic E-state index is -4.39. The van der Waals surface area contributed by atoms with Crippen molar-refractivity contribution in [2.75, 3.05) is 26.2 Å². The molecule has 0 saturated carbocycles. The lowest BCUT2D eigenvalue weighted by molar-refractivity contribution is -0.137. The van der Waals surface area contributed by atoms with Crippen molar-refractivity contribution in [3.63, 3.8) is 0 Å². The van der Waals surface area contributed by atoms with Gasteiger partial charge in [-0.25, -0.2) is 0 Å². The molecule has 0 atom stereocenters. The zero-order valence-corrected chi connectivity index (χ0v) is 16.3. The standard InChI is InChI=1S/C20H25F3N4O/c1-19(2,3)27-14-15(12-24-27)13-25-8-10-26(11-9-25)18(28)16-4-6-17(7-5-16)20(21,22)23/h4-7,12,14H,8-11,13H2,1-3H3. The van der Waals surface area contributed by atoms with E-state index in [1.54, 1.807) is 4.90 Å².